The van der Waals surface area contributed by atoms with Crippen LogP contribution in [0.5, 0.6) is 0 Å². The van der Waals surface area contributed by atoms with Crippen LogP contribution in [0.3, 0.4) is 0 Å². The summed E-state index contributed by atoms with van der Waals surface area (Å²) in [5.41, 5.74) is 4.59. The monoisotopic (exact) mass is 346 g/mol. The van der Waals surface area contributed by atoms with Crippen LogP contribution in [0.1, 0.15) is 49.9 Å². The van der Waals surface area contributed by atoms with E-state index >= 15 is 0 Å². The first-order valence-corrected chi connectivity index (χ1v) is 9.34. The highest BCUT2D eigenvalue weighted by molar-refractivity contribution is 5.77. The molecule has 25 heavy (non-hydrogen) atoms. The number of hydrogen-bond donors (Lipinski definition) is 1. The SMILES string of the molecule is Cc1cc(C)c(C[C@@H](C(=O)OC(C)(C)C)N2CCN[C@@H](C)C2)c(C)c1. The fourth-order valence-corrected chi connectivity index (χ4v) is 3.70. The lowest BCUT2D eigenvalue weighted by atomic mass is 9.93. The summed E-state index contributed by atoms with van der Waals surface area (Å²) in [6, 6.07) is 4.56. The Hall–Kier alpha value is -1.39. The molecule has 1 N–H and O–H groups in total. The fraction of sp³-hybridized carbons (Fsp3) is 0.667. The van der Waals surface area contributed by atoms with Crippen molar-refractivity contribution in [3.05, 3.63) is 34.4 Å². The van der Waals surface area contributed by atoms with Gasteiger partial charge >= 0.3 is 5.97 Å². The maximum absolute atomic E-state index is 13.0. The first-order chi connectivity index (χ1) is 11.6. The molecule has 0 aromatic heterocycles. The zero-order valence-electron chi connectivity index (χ0n) is 16.9. The van der Waals surface area contributed by atoms with Gasteiger partial charge in [-0.15, -0.1) is 0 Å². The molecule has 140 valence electrons. The fourth-order valence-electron chi connectivity index (χ4n) is 3.70. The summed E-state index contributed by atoms with van der Waals surface area (Å²) >= 11 is 0. The molecule has 2 atom stereocenters. The van der Waals surface area contributed by atoms with Gasteiger partial charge in [-0.25, -0.2) is 0 Å². The molecule has 0 saturated carbocycles. The number of nitrogens with one attached hydrogen (secondary N) is 1. The summed E-state index contributed by atoms with van der Waals surface area (Å²) in [5.74, 6) is -0.110. The second kappa shape index (κ2) is 7.88. The number of esters is 1. The molecule has 2 rings (SSSR count). The van der Waals surface area contributed by atoms with Crippen molar-refractivity contribution in [2.75, 3.05) is 19.6 Å². The number of rotatable bonds is 4. The van der Waals surface area contributed by atoms with Gasteiger partial charge in [0.05, 0.1) is 0 Å². The van der Waals surface area contributed by atoms with Crippen LogP contribution in [-0.2, 0) is 16.0 Å². The molecule has 1 aromatic carbocycles. The van der Waals surface area contributed by atoms with Gasteiger partial charge in [-0.3, -0.25) is 9.69 Å². The molecule has 0 amide bonds. The van der Waals surface area contributed by atoms with Crippen molar-refractivity contribution in [2.45, 2.75) is 72.6 Å². The largest absolute Gasteiger partial charge is 0.459 e. The minimum atomic E-state index is -0.466. The molecule has 1 aliphatic rings. The maximum Gasteiger partial charge on any atom is 0.324 e. The average molecular weight is 347 g/mol. The molecule has 1 aliphatic heterocycles. The second-order valence-corrected chi connectivity index (χ2v) is 8.48. The van der Waals surface area contributed by atoms with Crippen molar-refractivity contribution >= 4 is 5.97 Å². The van der Waals surface area contributed by atoms with Crippen LogP contribution in [0.25, 0.3) is 0 Å². The number of hydrogen-bond acceptors (Lipinski definition) is 4. The molecule has 0 bridgehead atoms. The number of piperazine rings is 1. The lowest BCUT2D eigenvalue weighted by Crippen LogP contribution is -2.56. The zero-order valence-corrected chi connectivity index (χ0v) is 16.9. The number of benzene rings is 1. The Morgan fingerprint density at radius 2 is 1.88 bits per heavy atom. The highest BCUT2D eigenvalue weighted by atomic mass is 16.6. The van der Waals surface area contributed by atoms with E-state index in [1.807, 2.05) is 20.8 Å². The Labute approximate surface area is 152 Å². The van der Waals surface area contributed by atoms with Crippen LogP contribution in [-0.4, -0.2) is 48.2 Å². The molecule has 1 heterocycles. The van der Waals surface area contributed by atoms with Crippen molar-refractivity contribution in [3.8, 4) is 0 Å². The molecule has 1 aromatic rings. The molecule has 0 spiro atoms. The van der Waals surface area contributed by atoms with E-state index in [0.717, 1.165) is 19.6 Å². The third kappa shape index (κ3) is 5.55. The number of carbonyl (C=O) groups is 1. The van der Waals surface area contributed by atoms with Gasteiger partial charge in [-0.2, -0.15) is 0 Å². The van der Waals surface area contributed by atoms with Crippen LogP contribution in [0.2, 0.25) is 0 Å². The molecule has 1 fully saturated rings. The predicted octanol–water partition coefficient (Wildman–Crippen LogP) is 3.16. The lowest BCUT2D eigenvalue weighted by molar-refractivity contribution is -0.162. The van der Waals surface area contributed by atoms with Gasteiger partial charge in [-0.05, 0) is 71.6 Å². The smallest absolute Gasteiger partial charge is 0.324 e. The Balaban J connectivity index is 2.29. The van der Waals surface area contributed by atoms with Crippen LogP contribution in [0, 0.1) is 20.8 Å². The van der Waals surface area contributed by atoms with Crippen LogP contribution in [0.15, 0.2) is 12.1 Å². The van der Waals surface area contributed by atoms with E-state index in [1.54, 1.807) is 0 Å². The highest BCUT2D eigenvalue weighted by Crippen LogP contribution is 2.22. The predicted molar refractivity (Wildman–Crippen MR) is 103 cm³/mol. The van der Waals surface area contributed by atoms with E-state index in [4.69, 9.17) is 4.74 Å². The van der Waals surface area contributed by atoms with Crippen molar-refractivity contribution in [1.82, 2.24) is 10.2 Å². The highest BCUT2D eigenvalue weighted by Gasteiger charge is 2.33. The van der Waals surface area contributed by atoms with Gasteiger partial charge in [0.25, 0.3) is 0 Å². The normalized spacial score (nSPS) is 20.4. The molecule has 4 heteroatoms. The standard InChI is InChI=1S/C21H34N2O2/c1-14-10-15(2)18(16(3)11-14)12-19(20(24)25-21(5,6)7)23-9-8-22-17(4)13-23/h10-11,17,19,22H,8-9,12-13H2,1-7H3/t17-,19-/m0/s1. The van der Waals surface area contributed by atoms with Crippen LogP contribution >= 0.6 is 0 Å². The van der Waals surface area contributed by atoms with Gasteiger partial charge in [-0.1, -0.05) is 17.7 Å². The summed E-state index contributed by atoms with van der Waals surface area (Å²) in [6.07, 6.45) is 0.708. The van der Waals surface area contributed by atoms with Gasteiger partial charge in [0.1, 0.15) is 11.6 Å². The minimum absolute atomic E-state index is 0.110. The van der Waals surface area contributed by atoms with Gasteiger partial charge in [0, 0.05) is 25.7 Å². The molecule has 0 radical (unpaired) electrons. The Kier molecular flexibility index (Phi) is 6.28. The summed E-state index contributed by atoms with van der Waals surface area (Å²) < 4.78 is 5.76. The first-order valence-electron chi connectivity index (χ1n) is 9.34. The number of ether oxygens (including phenoxy) is 1. The summed E-state index contributed by atoms with van der Waals surface area (Å²) in [6.45, 7) is 17.0. The second-order valence-electron chi connectivity index (χ2n) is 8.48. The molecular formula is C21H34N2O2. The summed E-state index contributed by atoms with van der Waals surface area (Å²) in [7, 11) is 0. The molecule has 1 saturated heterocycles. The quantitative estimate of drug-likeness (QED) is 0.851. The first kappa shape index (κ1) is 19.9. The van der Waals surface area contributed by atoms with E-state index in [9.17, 15) is 4.79 Å². The van der Waals surface area contributed by atoms with E-state index < -0.39 is 5.60 Å². The summed E-state index contributed by atoms with van der Waals surface area (Å²) in [4.78, 5) is 15.3. The van der Waals surface area contributed by atoms with E-state index in [2.05, 4.69) is 50.0 Å². The van der Waals surface area contributed by atoms with Crippen LogP contribution in [0.4, 0.5) is 0 Å². The third-order valence-corrected chi connectivity index (χ3v) is 4.76. The van der Waals surface area contributed by atoms with Crippen molar-refractivity contribution in [1.29, 1.82) is 0 Å². The van der Waals surface area contributed by atoms with Gasteiger partial charge < -0.3 is 10.1 Å². The van der Waals surface area contributed by atoms with E-state index in [1.165, 1.54) is 22.3 Å². The van der Waals surface area contributed by atoms with Gasteiger partial charge in [0.2, 0.25) is 0 Å². The van der Waals surface area contributed by atoms with E-state index in [0.29, 0.717) is 12.5 Å². The Morgan fingerprint density at radius 3 is 2.40 bits per heavy atom. The topological polar surface area (TPSA) is 41.6 Å². The van der Waals surface area contributed by atoms with Crippen molar-refractivity contribution in [3.63, 3.8) is 0 Å². The zero-order chi connectivity index (χ0) is 18.8. The van der Waals surface area contributed by atoms with Gasteiger partial charge in [0.15, 0.2) is 0 Å². The Bertz CT molecular complexity index is 596. The average Bonchev–Trinajstić information content (AvgIpc) is 2.44. The molecule has 4 nitrogen and oxygen atoms in total. The van der Waals surface area contributed by atoms with Crippen molar-refractivity contribution in [2.24, 2.45) is 0 Å². The van der Waals surface area contributed by atoms with E-state index in [-0.39, 0.29) is 12.0 Å². The lowest BCUT2D eigenvalue weighted by Gasteiger charge is -2.38. The van der Waals surface area contributed by atoms with Crippen LogP contribution < -0.4 is 5.32 Å². The number of carbonyl (C=O) groups excluding carboxylic acids is 1. The van der Waals surface area contributed by atoms with Crippen molar-refractivity contribution < 1.29 is 9.53 Å². The molecule has 0 aliphatic carbocycles. The number of aryl methyl sites for hydroxylation is 3. The Morgan fingerprint density at radius 1 is 1.28 bits per heavy atom. The number of nitrogens with zero attached hydrogens (tertiary/aromatic N) is 1. The minimum Gasteiger partial charge on any atom is -0.459 e. The molecular weight excluding hydrogens is 312 g/mol. The third-order valence-electron chi connectivity index (χ3n) is 4.76. The summed E-state index contributed by atoms with van der Waals surface area (Å²) in [5, 5.41) is 3.45. The maximum atomic E-state index is 13.0. The molecule has 0 unspecified atom stereocenters.